The van der Waals surface area contributed by atoms with Crippen LogP contribution in [0.1, 0.15) is 0 Å². The van der Waals surface area contributed by atoms with Crippen molar-refractivity contribution in [2.45, 2.75) is 0 Å². The summed E-state index contributed by atoms with van der Waals surface area (Å²) in [6.07, 6.45) is 0. The molecule has 0 unspecified atom stereocenters. The number of anilines is 3. The van der Waals surface area contributed by atoms with E-state index >= 15 is 0 Å². The van der Waals surface area contributed by atoms with Gasteiger partial charge in [-0.1, -0.05) is 176 Å². The standard InChI is InChI=1S/C54H35NS/c1-2-14-36(15-3-1)37-26-29-40(30-27-37)55(41-31-33-49-50-32-28-38-16-4-7-19-43(38)54(50)56-53(49)35-41)52-25-13-12-24-48(52)45-21-9-11-23-47(45)51-34-39-17-5-6-18-42(39)44-20-8-10-22-46(44)51/h1-35H. The van der Waals surface area contributed by atoms with Crippen molar-refractivity contribution >= 4 is 80.9 Å². The molecule has 0 fully saturated rings. The van der Waals surface area contributed by atoms with E-state index < -0.39 is 0 Å². The minimum Gasteiger partial charge on any atom is -0.310 e. The fraction of sp³-hybridized carbons (Fsp3) is 0. The van der Waals surface area contributed by atoms with E-state index in [0.717, 1.165) is 17.1 Å². The van der Waals surface area contributed by atoms with Gasteiger partial charge in [0.05, 0.1) is 5.69 Å². The first-order valence-corrected chi connectivity index (χ1v) is 20.0. The lowest BCUT2D eigenvalue weighted by atomic mass is 9.88. The normalized spacial score (nSPS) is 11.6. The number of benzene rings is 10. The fourth-order valence-electron chi connectivity index (χ4n) is 8.62. The summed E-state index contributed by atoms with van der Waals surface area (Å²) >= 11 is 1.89. The van der Waals surface area contributed by atoms with E-state index in [1.54, 1.807) is 0 Å². The molecular weight excluding hydrogens is 695 g/mol. The molecule has 11 aromatic rings. The summed E-state index contributed by atoms with van der Waals surface area (Å²) in [6.45, 7) is 0. The number of hydrogen-bond acceptors (Lipinski definition) is 2. The van der Waals surface area contributed by atoms with Gasteiger partial charge in [0.1, 0.15) is 0 Å². The minimum atomic E-state index is 1.11. The SMILES string of the molecule is c1ccc(-c2ccc(N(c3ccc4c(c3)sc3c5ccccc5ccc43)c3ccccc3-c3ccccc3-c3cc4ccccc4c4ccccc34)cc2)cc1. The fourth-order valence-corrected chi connectivity index (χ4v) is 9.89. The molecule has 1 aromatic heterocycles. The molecule has 0 aliphatic rings. The maximum absolute atomic E-state index is 2.45. The number of rotatable bonds is 6. The molecule has 2 heteroatoms. The Morgan fingerprint density at radius 3 is 1.68 bits per heavy atom. The van der Waals surface area contributed by atoms with E-state index in [4.69, 9.17) is 0 Å². The monoisotopic (exact) mass is 729 g/mol. The molecule has 0 radical (unpaired) electrons. The first-order valence-electron chi connectivity index (χ1n) is 19.2. The first-order chi connectivity index (χ1) is 27.8. The Morgan fingerprint density at radius 1 is 0.304 bits per heavy atom. The molecule has 0 saturated carbocycles. The lowest BCUT2D eigenvalue weighted by molar-refractivity contribution is 1.29. The summed E-state index contributed by atoms with van der Waals surface area (Å²) in [5, 5.41) is 10.2. The highest BCUT2D eigenvalue weighted by molar-refractivity contribution is 7.26. The van der Waals surface area contributed by atoms with Crippen molar-refractivity contribution in [3.63, 3.8) is 0 Å². The molecule has 262 valence electrons. The maximum atomic E-state index is 2.45. The van der Waals surface area contributed by atoms with Crippen LogP contribution >= 0.6 is 11.3 Å². The molecule has 0 saturated heterocycles. The molecule has 0 atom stereocenters. The Morgan fingerprint density at radius 2 is 0.875 bits per heavy atom. The van der Waals surface area contributed by atoms with Gasteiger partial charge in [-0.3, -0.25) is 0 Å². The molecule has 0 spiro atoms. The van der Waals surface area contributed by atoms with Crippen molar-refractivity contribution in [3.8, 4) is 33.4 Å². The molecule has 1 heterocycles. The van der Waals surface area contributed by atoms with Crippen LogP contribution in [0.25, 0.3) is 85.9 Å². The molecule has 1 nitrogen and oxygen atoms in total. The highest BCUT2D eigenvalue weighted by atomic mass is 32.1. The van der Waals surface area contributed by atoms with Crippen LogP contribution in [0.5, 0.6) is 0 Å². The quantitative estimate of drug-likeness (QED) is 0.154. The second kappa shape index (κ2) is 13.4. The smallest absolute Gasteiger partial charge is 0.0540 e. The zero-order valence-electron chi connectivity index (χ0n) is 30.6. The topological polar surface area (TPSA) is 3.24 Å². The lowest BCUT2D eigenvalue weighted by Crippen LogP contribution is -2.11. The van der Waals surface area contributed by atoms with Gasteiger partial charge in [-0.05, 0) is 96.5 Å². The van der Waals surface area contributed by atoms with Gasteiger partial charge in [0.25, 0.3) is 0 Å². The van der Waals surface area contributed by atoms with Crippen molar-refractivity contribution in [3.05, 3.63) is 212 Å². The van der Waals surface area contributed by atoms with Crippen LogP contribution in [0.15, 0.2) is 212 Å². The summed E-state index contributed by atoms with van der Waals surface area (Å²) in [5.74, 6) is 0. The Labute approximate surface area is 330 Å². The van der Waals surface area contributed by atoms with Gasteiger partial charge in [-0.25, -0.2) is 0 Å². The number of para-hydroxylation sites is 1. The molecule has 0 bridgehead atoms. The van der Waals surface area contributed by atoms with Gasteiger partial charge in [0, 0.05) is 37.1 Å². The van der Waals surface area contributed by atoms with Crippen molar-refractivity contribution in [2.24, 2.45) is 0 Å². The molecule has 0 N–H and O–H groups in total. The first kappa shape index (κ1) is 32.4. The number of thiophene rings is 1. The predicted molar refractivity (Wildman–Crippen MR) is 243 cm³/mol. The Balaban J connectivity index is 1.13. The van der Waals surface area contributed by atoms with Crippen LogP contribution in [-0.4, -0.2) is 0 Å². The highest BCUT2D eigenvalue weighted by Gasteiger charge is 2.21. The zero-order chi connectivity index (χ0) is 37.0. The van der Waals surface area contributed by atoms with Crippen LogP contribution in [0.4, 0.5) is 17.1 Å². The average Bonchev–Trinajstić information content (AvgIpc) is 3.66. The van der Waals surface area contributed by atoms with Gasteiger partial charge in [0.2, 0.25) is 0 Å². The third kappa shape index (κ3) is 5.38. The van der Waals surface area contributed by atoms with E-state index in [1.807, 2.05) is 11.3 Å². The second-order valence-corrected chi connectivity index (χ2v) is 15.5. The molecule has 11 rings (SSSR count). The van der Waals surface area contributed by atoms with Gasteiger partial charge >= 0.3 is 0 Å². The average molecular weight is 730 g/mol. The molecule has 0 amide bonds. The molecule has 56 heavy (non-hydrogen) atoms. The van der Waals surface area contributed by atoms with Crippen LogP contribution in [0.3, 0.4) is 0 Å². The largest absolute Gasteiger partial charge is 0.310 e. The predicted octanol–water partition coefficient (Wildman–Crippen LogP) is 16.0. The van der Waals surface area contributed by atoms with Crippen molar-refractivity contribution in [2.75, 3.05) is 4.90 Å². The van der Waals surface area contributed by atoms with E-state index in [2.05, 4.69) is 217 Å². The number of hydrogen-bond donors (Lipinski definition) is 0. The maximum Gasteiger partial charge on any atom is 0.0540 e. The van der Waals surface area contributed by atoms with Crippen LogP contribution in [-0.2, 0) is 0 Å². The summed E-state index contributed by atoms with van der Waals surface area (Å²) in [7, 11) is 0. The van der Waals surface area contributed by atoms with E-state index in [0.29, 0.717) is 0 Å². The summed E-state index contributed by atoms with van der Waals surface area (Å²) < 4.78 is 2.62. The van der Waals surface area contributed by atoms with Crippen LogP contribution in [0.2, 0.25) is 0 Å². The van der Waals surface area contributed by atoms with E-state index in [9.17, 15) is 0 Å². The van der Waals surface area contributed by atoms with E-state index in [-0.39, 0.29) is 0 Å². The lowest BCUT2D eigenvalue weighted by Gasteiger charge is -2.29. The molecule has 0 aliphatic heterocycles. The third-order valence-corrected chi connectivity index (χ3v) is 12.5. The van der Waals surface area contributed by atoms with Crippen LogP contribution in [0, 0.1) is 0 Å². The number of nitrogens with zero attached hydrogens (tertiary/aromatic N) is 1. The Hall–Kier alpha value is -7.00. The zero-order valence-corrected chi connectivity index (χ0v) is 31.4. The number of fused-ring (bicyclic) bond motifs is 8. The van der Waals surface area contributed by atoms with Crippen molar-refractivity contribution < 1.29 is 0 Å². The second-order valence-electron chi connectivity index (χ2n) is 14.4. The van der Waals surface area contributed by atoms with Gasteiger partial charge in [-0.2, -0.15) is 0 Å². The Bertz CT molecular complexity index is 3250. The van der Waals surface area contributed by atoms with Crippen molar-refractivity contribution in [1.29, 1.82) is 0 Å². The molecule has 10 aromatic carbocycles. The summed E-state index contributed by atoms with van der Waals surface area (Å²) in [6, 6.07) is 77.7. The van der Waals surface area contributed by atoms with Gasteiger partial charge in [-0.15, -0.1) is 11.3 Å². The van der Waals surface area contributed by atoms with E-state index in [1.165, 1.54) is 85.9 Å². The molecular formula is C54H35NS. The van der Waals surface area contributed by atoms with Crippen molar-refractivity contribution in [1.82, 2.24) is 0 Å². The summed E-state index contributed by atoms with van der Waals surface area (Å²) in [4.78, 5) is 2.45. The van der Waals surface area contributed by atoms with Gasteiger partial charge in [0.15, 0.2) is 0 Å². The highest BCUT2D eigenvalue weighted by Crippen LogP contribution is 2.47. The van der Waals surface area contributed by atoms with Crippen LogP contribution < -0.4 is 4.90 Å². The Kier molecular flexibility index (Phi) is 7.75. The van der Waals surface area contributed by atoms with Gasteiger partial charge < -0.3 is 4.90 Å². The molecule has 0 aliphatic carbocycles. The summed E-state index contributed by atoms with van der Waals surface area (Å²) in [5.41, 5.74) is 10.6. The third-order valence-electron chi connectivity index (χ3n) is 11.3. The minimum absolute atomic E-state index is 1.11.